The van der Waals surface area contributed by atoms with Crippen LogP contribution in [0.1, 0.15) is 6.42 Å². The topological polar surface area (TPSA) is 66.5 Å². The van der Waals surface area contributed by atoms with Crippen molar-refractivity contribution in [2.75, 3.05) is 6.61 Å². The van der Waals surface area contributed by atoms with Crippen molar-refractivity contribution < 1.29 is 10.2 Å². The summed E-state index contributed by atoms with van der Waals surface area (Å²) in [4.78, 5) is 0. The molecule has 0 radical (unpaired) electrons. The number of hydrogen-bond donors (Lipinski definition) is 3. The zero-order valence-corrected chi connectivity index (χ0v) is 5.12. The lowest BCUT2D eigenvalue weighted by atomic mass is 10.2. The second kappa shape index (κ2) is 2.47. The molecule has 0 amide bonds. The first kappa shape index (κ1) is 6.74. The van der Waals surface area contributed by atoms with E-state index in [2.05, 4.69) is 0 Å². The highest BCUT2D eigenvalue weighted by Crippen LogP contribution is 2.16. The molecule has 4 N–H and O–H groups in total. The molecule has 0 fully saturated rings. The summed E-state index contributed by atoms with van der Waals surface area (Å²) in [7, 11) is 0. The van der Waals surface area contributed by atoms with Crippen LogP contribution in [-0.4, -0.2) is 29.0 Å². The maximum atomic E-state index is 9.05. The Hall–Kier alpha value is -0.380. The molecule has 1 rings (SSSR count). The second-order valence-corrected chi connectivity index (χ2v) is 2.32. The molecule has 0 spiro atoms. The first-order valence-electron chi connectivity index (χ1n) is 2.99. The van der Waals surface area contributed by atoms with Gasteiger partial charge in [0.05, 0.1) is 12.7 Å². The molecule has 0 saturated heterocycles. The van der Waals surface area contributed by atoms with Crippen LogP contribution in [0.3, 0.4) is 0 Å². The van der Waals surface area contributed by atoms with Crippen LogP contribution in [0.25, 0.3) is 0 Å². The molecule has 52 valence electrons. The molecule has 3 heteroatoms. The van der Waals surface area contributed by atoms with E-state index < -0.39 is 6.10 Å². The van der Waals surface area contributed by atoms with Crippen LogP contribution in [-0.2, 0) is 0 Å². The van der Waals surface area contributed by atoms with Crippen molar-refractivity contribution in [3.8, 4) is 0 Å². The molecular formula is C6H11NO2. The van der Waals surface area contributed by atoms with Crippen molar-refractivity contribution in [1.29, 1.82) is 0 Å². The molecule has 1 aliphatic rings. The summed E-state index contributed by atoms with van der Waals surface area (Å²) in [5.41, 5.74) is 6.10. The first-order chi connectivity index (χ1) is 4.24. The van der Waals surface area contributed by atoms with Crippen LogP contribution in [0.5, 0.6) is 0 Å². The number of aliphatic hydroxyl groups excluding tert-OH is 2. The highest BCUT2D eigenvalue weighted by atomic mass is 16.3. The fourth-order valence-electron chi connectivity index (χ4n) is 1.02. The number of rotatable bonds is 1. The highest BCUT2D eigenvalue weighted by molar-refractivity contribution is 5.18. The standard InChI is InChI=1S/C6H11NO2/c7-5-1-4(3-8)6(9)2-5/h1,5-6,8-9H,2-3,7H2. The van der Waals surface area contributed by atoms with Gasteiger partial charge in [-0.05, 0) is 12.0 Å². The summed E-state index contributed by atoms with van der Waals surface area (Å²) in [6, 6.07) is -0.0675. The summed E-state index contributed by atoms with van der Waals surface area (Å²) in [6.45, 7) is -0.0745. The molecule has 0 bridgehead atoms. The van der Waals surface area contributed by atoms with Gasteiger partial charge >= 0.3 is 0 Å². The highest BCUT2D eigenvalue weighted by Gasteiger charge is 2.20. The van der Waals surface area contributed by atoms with Gasteiger partial charge in [0.15, 0.2) is 0 Å². The number of hydrogen-bond acceptors (Lipinski definition) is 3. The van der Waals surface area contributed by atoms with Crippen LogP contribution in [0.15, 0.2) is 11.6 Å². The van der Waals surface area contributed by atoms with Gasteiger partial charge in [0, 0.05) is 6.04 Å². The van der Waals surface area contributed by atoms with Crippen molar-refractivity contribution in [1.82, 2.24) is 0 Å². The Bertz CT molecular complexity index is 133. The molecule has 0 heterocycles. The Morgan fingerprint density at radius 2 is 2.44 bits per heavy atom. The van der Waals surface area contributed by atoms with Gasteiger partial charge in [-0.25, -0.2) is 0 Å². The van der Waals surface area contributed by atoms with E-state index in [0.717, 1.165) is 0 Å². The molecule has 0 aromatic rings. The molecule has 0 aliphatic heterocycles. The van der Waals surface area contributed by atoms with Gasteiger partial charge in [0.25, 0.3) is 0 Å². The van der Waals surface area contributed by atoms with Gasteiger partial charge in [-0.15, -0.1) is 0 Å². The molecule has 2 atom stereocenters. The summed E-state index contributed by atoms with van der Waals surface area (Å²) < 4.78 is 0. The zero-order valence-electron chi connectivity index (χ0n) is 5.12. The number of nitrogens with two attached hydrogens (primary N) is 1. The molecule has 0 saturated carbocycles. The van der Waals surface area contributed by atoms with Crippen molar-refractivity contribution in [3.05, 3.63) is 11.6 Å². The van der Waals surface area contributed by atoms with E-state index in [1.54, 1.807) is 6.08 Å². The van der Waals surface area contributed by atoms with Gasteiger partial charge in [-0.3, -0.25) is 0 Å². The second-order valence-electron chi connectivity index (χ2n) is 2.32. The third-order valence-electron chi connectivity index (χ3n) is 1.53. The Kier molecular flexibility index (Phi) is 1.85. The molecule has 9 heavy (non-hydrogen) atoms. The third-order valence-corrected chi connectivity index (χ3v) is 1.53. The minimum atomic E-state index is -0.509. The number of aliphatic hydroxyl groups is 2. The third kappa shape index (κ3) is 1.30. The quantitative estimate of drug-likeness (QED) is 0.398. The predicted octanol–water partition coefficient (Wildman–Crippen LogP) is -1.00. The Labute approximate surface area is 53.8 Å². The fourth-order valence-corrected chi connectivity index (χ4v) is 1.02. The lowest BCUT2D eigenvalue weighted by molar-refractivity contribution is 0.187. The smallest absolute Gasteiger partial charge is 0.0790 e. The SMILES string of the molecule is NC1C=C(CO)C(O)C1. The van der Waals surface area contributed by atoms with Crippen LogP contribution >= 0.6 is 0 Å². The Morgan fingerprint density at radius 3 is 2.67 bits per heavy atom. The average Bonchev–Trinajstić information content (AvgIpc) is 2.10. The van der Waals surface area contributed by atoms with E-state index in [9.17, 15) is 0 Å². The van der Waals surface area contributed by atoms with Crippen LogP contribution in [0.4, 0.5) is 0 Å². The minimum absolute atomic E-state index is 0.0675. The normalized spacial score (nSPS) is 34.8. The first-order valence-corrected chi connectivity index (χ1v) is 2.99. The van der Waals surface area contributed by atoms with Gasteiger partial charge in [-0.1, -0.05) is 6.08 Å². The van der Waals surface area contributed by atoms with Crippen LogP contribution < -0.4 is 5.73 Å². The van der Waals surface area contributed by atoms with E-state index in [4.69, 9.17) is 15.9 Å². The molecule has 2 unspecified atom stereocenters. The van der Waals surface area contributed by atoms with E-state index in [1.165, 1.54) is 0 Å². The van der Waals surface area contributed by atoms with Crippen molar-refractivity contribution in [2.24, 2.45) is 5.73 Å². The molecule has 1 aliphatic carbocycles. The molecule has 0 aromatic carbocycles. The lowest BCUT2D eigenvalue weighted by Crippen LogP contribution is -2.17. The zero-order chi connectivity index (χ0) is 6.85. The maximum absolute atomic E-state index is 9.05. The summed E-state index contributed by atoms with van der Waals surface area (Å²) in [5.74, 6) is 0. The summed E-state index contributed by atoms with van der Waals surface area (Å²) >= 11 is 0. The van der Waals surface area contributed by atoms with Gasteiger partial charge in [0.1, 0.15) is 0 Å². The Balaban J connectivity index is 2.57. The van der Waals surface area contributed by atoms with E-state index in [0.29, 0.717) is 12.0 Å². The van der Waals surface area contributed by atoms with Crippen molar-refractivity contribution >= 4 is 0 Å². The van der Waals surface area contributed by atoms with E-state index in [1.807, 2.05) is 0 Å². The van der Waals surface area contributed by atoms with Gasteiger partial charge < -0.3 is 15.9 Å². The monoisotopic (exact) mass is 129 g/mol. The summed E-state index contributed by atoms with van der Waals surface area (Å²) in [6.07, 6.45) is 1.76. The van der Waals surface area contributed by atoms with Gasteiger partial charge in [0.2, 0.25) is 0 Å². The van der Waals surface area contributed by atoms with E-state index >= 15 is 0 Å². The predicted molar refractivity (Wildman–Crippen MR) is 33.8 cm³/mol. The fraction of sp³-hybridized carbons (Fsp3) is 0.667. The summed E-state index contributed by atoms with van der Waals surface area (Å²) in [5, 5.41) is 17.6. The molecular weight excluding hydrogens is 118 g/mol. The van der Waals surface area contributed by atoms with E-state index in [-0.39, 0.29) is 12.6 Å². The van der Waals surface area contributed by atoms with Crippen LogP contribution in [0, 0.1) is 0 Å². The molecule has 0 aromatic heterocycles. The van der Waals surface area contributed by atoms with Crippen molar-refractivity contribution in [3.63, 3.8) is 0 Å². The lowest BCUT2D eigenvalue weighted by Gasteiger charge is -2.03. The van der Waals surface area contributed by atoms with Crippen molar-refractivity contribution in [2.45, 2.75) is 18.6 Å². The maximum Gasteiger partial charge on any atom is 0.0790 e. The van der Waals surface area contributed by atoms with Gasteiger partial charge in [-0.2, -0.15) is 0 Å². The van der Waals surface area contributed by atoms with Crippen LogP contribution in [0.2, 0.25) is 0 Å². The average molecular weight is 129 g/mol. The largest absolute Gasteiger partial charge is 0.392 e. The molecule has 3 nitrogen and oxygen atoms in total. The minimum Gasteiger partial charge on any atom is -0.392 e. The Morgan fingerprint density at radius 1 is 1.78 bits per heavy atom.